The van der Waals surface area contributed by atoms with E-state index >= 15 is 0 Å². The van der Waals surface area contributed by atoms with Gasteiger partial charge in [0.1, 0.15) is 12.7 Å². The van der Waals surface area contributed by atoms with Crippen molar-refractivity contribution in [2.75, 3.05) is 24.6 Å². The number of nitrogens with zero attached hydrogens (tertiary/aromatic N) is 7. The van der Waals surface area contributed by atoms with Gasteiger partial charge >= 0.3 is 0 Å². The van der Waals surface area contributed by atoms with E-state index in [0.717, 1.165) is 13.0 Å². The molecule has 0 aliphatic rings. The van der Waals surface area contributed by atoms with E-state index in [1.807, 2.05) is 11.8 Å². The van der Waals surface area contributed by atoms with Gasteiger partial charge in [0, 0.05) is 13.1 Å². The van der Waals surface area contributed by atoms with E-state index < -0.39 is 0 Å². The Morgan fingerprint density at radius 2 is 2.16 bits per heavy atom. The van der Waals surface area contributed by atoms with E-state index in [9.17, 15) is 0 Å². The number of hydrogen-bond donors (Lipinski definition) is 1. The fourth-order valence-electron chi connectivity index (χ4n) is 1.59. The van der Waals surface area contributed by atoms with Crippen molar-refractivity contribution >= 4 is 17.5 Å². The van der Waals surface area contributed by atoms with Crippen molar-refractivity contribution in [3.8, 4) is 5.95 Å². The smallest absolute Gasteiger partial charge is 0.258 e. The number of anilines is 1. The molecule has 0 aliphatic heterocycles. The van der Waals surface area contributed by atoms with Crippen molar-refractivity contribution in [1.29, 1.82) is 0 Å². The number of hydrogen-bond acceptors (Lipinski definition) is 7. The van der Waals surface area contributed by atoms with E-state index in [-0.39, 0.29) is 11.9 Å². The molecule has 0 aliphatic carbocycles. The molecule has 2 aromatic heterocycles. The van der Waals surface area contributed by atoms with Gasteiger partial charge < -0.3 is 10.0 Å². The first kappa shape index (κ1) is 13.6. The van der Waals surface area contributed by atoms with Gasteiger partial charge in [0.15, 0.2) is 0 Å². The summed E-state index contributed by atoms with van der Waals surface area (Å²) in [6.07, 6.45) is 3.77. The summed E-state index contributed by atoms with van der Waals surface area (Å²) >= 11 is 5.90. The second kappa shape index (κ2) is 6.39. The van der Waals surface area contributed by atoms with Gasteiger partial charge in [-0.1, -0.05) is 6.92 Å². The van der Waals surface area contributed by atoms with Crippen LogP contribution in [0.2, 0.25) is 5.28 Å². The third kappa shape index (κ3) is 3.36. The van der Waals surface area contributed by atoms with Crippen LogP contribution in [0.1, 0.15) is 13.3 Å². The summed E-state index contributed by atoms with van der Waals surface area (Å²) in [6.45, 7) is 3.20. The van der Waals surface area contributed by atoms with Crippen LogP contribution in [0.15, 0.2) is 12.7 Å². The lowest BCUT2D eigenvalue weighted by atomic mass is 10.4. The molecule has 0 saturated heterocycles. The first-order valence-corrected chi connectivity index (χ1v) is 6.24. The molecule has 0 atom stereocenters. The second-order valence-electron chi connectivity index (χ2n) is 3.76. The van der Waals surface area contributed by atoms with E-state index in [1.165, 1.54) is 17.3 Å². The highest BCUT2D eigenvalue weighted by Crippen LogP contribution is 2.13. The van der Waals surface area contributed by atoms with Crippen molar-refractivity contribution in [2.24, 2.45) is 0 Å². The Morgan fingerprint density at radius 3 is 2.79 bits per heavy atom. The summed E-state index contributed by atoms with van der Waals surface area (Å²) in [5.74, 6) is 0.716. The maximum atomic E-state index is 9.07. The molecule has 2 heterocycles. The van der Waals surface area contributed by atoms with Crippen molar-refractivity contribution in [1.82, 2.24) is 29.7 Å². The number of aliphatic hydroxyl groups excluding tert-OH is 1. The largest absolute Gasteiger partial charge is 0.395 e. The molecule has 102 valence electrons. The maximum Gasteiger partial charge on any atom is 0.258 e. The molecule has 2 rings (SSSR count). The molecule has 0 aromatic carbocycles. The first-order chi connectivity index (χ1) is 9.24. The third-order valence-corrected chi connectivity index (χ3v) is 2.52. The lowest BCUT2D eigenvalue weighted by Crippen LogP contribution is -2.29. The molecule has 0 fully saturated rings. The summed E-state index contributed by atoms with van der Waals surface area (Å²) < 4.78 is 1.40. The summed E-state index contributed by atoms with van der Waals surface area (Å²) in [4.78, 5) is 18.0. The Morgan fingerprint density at radius 1 is 1.32 bits per heavy atom. The van der Waals surface area contributed by atoms with Crippen LogP contribution in [0.5, 0.6) is 0 Å². The molecule has 0 saturated carbocycles. The zero-order valence-corrected chi connectivity index (χ0v) is 11.2. The molecule has 2 aromatic rings. The van der Waals surface area contributed by atoms with Crippen LogP contribution in [0.4, 0.5) is 5.95 Å². The van der Waals surface area contributed by atoms with Crippen LogP contribution in [-0.2, 0) is 0 Å². The highest BCUT2D eigenvalue weighted by molar-refractivity contribution is 6.28. The average Bonchev–Trinajstić information content (AvgIpc) is 2.91. The Hall–Kier alpha value is -1.80. The van der Waals surface area contributed by atoms with Gasteiger partial charge in [-0.2, -0.15) is 24.7 Å². The Labute approximate surface area is 115 Å². The molecular weight excluding hydrogens is 270 g/mol. The highest BCUT2D eigenvalue weighted by Gasteiger charge is 2.13. The van der Waals surface area contributed by atoms with Crippen molar-refractivity contribution in [3.63, 3.8) is 0 Å². The SMILES string of the molecule is CCCN(CCO)c1nc(Cl)nc(-n2cncn2)n1. The van der Waals surface area contributed by atoms with Crippen LogP contribution in [0, 0.1) is 0 Å². The topological polar surface area (TPSA) is 92.8 Å². The molecule has 9 heteroatoms. The lowest BCUT2D eigenvalue weighted by molar-refractivity contribution is 0.301. The van der Waals surface area contributed by atoms with Crippen LogP contribution in [0.25, 0.3) is 5.95 Å². The van der Waals surface area contributed by atoms with Gasteiger partial charge in [0.05, 0.1) is 6.61 Å². The number of halogens is 1. The molecule has 0 radical (unpaired) electrons. The minimum absolute atomic E-state index is 0.0158. The van der Waals surface area contributed by atoms with Crippen molar-refractivity contribution in [3.05, 3.63) is 17.9 Å². The zero-order valence-electron chi connectivity index (χ0n) is 10.4. The molecule has 0 amide bonds. The van der Waals surface area contributed by atoms with Crippen molar-refractivity contribution < 1.29 is 5.11 Å². The van der Waals surface area contributed by atoms with Gasteiger partial charge in [-0.25, -0.2) is 4.98 Å². The van der Waals surface area contributed by atoms with E-state index in [2.05, 4.69) is 25.0 Å². The highest BCUT2D eigenvalue weighted by atomic mass is 35.5. The summed E-state index contributed by atoms with van der Waals surface area (Å²) in [5, 5.41) is 13.1. The molecule has 8 nitrogen and oxygen atoms in total. The van der Waals surface area contributed by atoms with Gasteiger partial charge in [0.25, 0.3) is 5.95 Å². The quantitative estimate of drug-likeness (QED) is 0.816. The number of aromatic nitrogens is 6. The summed E-state index contributed by atoms with van der Waals surface area (Å²) in [7, 11) is 0. The van der Waals surface area contributed by atoms with Crippen LogP contribution >= 0.6 is 11.6 Å². The Kier molecular flexibility index (Phi) is 4.58. The van der Waals surface area contributed by atoms with E-state index in [4.69, 9.17) is 16.7 Å². The molecular formula is C10H14ClN7O. The Balaban J connectivity index is 2.34. The van der Waals surface area contributed by atoms with Crippen molar-refractivity contribution in [2.45, 2.75) is 13.3 Å². The fourth-order valence-corrected chi connectivity index (χ4v) is 1.74. The molecule has 0 bridgehead atoms. The standard InChI is InChI=1S/C10H14ClN7O/c1-2-3-17(4-5-19)9-14-8(11)15-10(16-9)18-7-12-6-13-18/h6-7,19H,2-5H2,1H3. The number of rotatable bonds is 6. The second-order valence-corrected chi connectivity index (χ2v) is 4.09. The van der Waals surface area contributed by atoms with Crippen LogP contribution in [0.3, 0.4) is 0 Å². The van der Waals surface area contributed by atoms with Crippen LogP contribution < -0.4 is 4.90 Å². The number of aliphatic hydroxyl groups is 1. The lowest BCUT2D eigenvalue weighted by Gasteiger charge is -2.20. The van der Waals surface area contributed by atoms with Gasteiger partial charge in [-0.15, -0.1) is 0 Å². The summed E-state index contributed by atoms with van der Waals surface area (Å²) in [6, 6.07) is 0. The van der Waals surface area contributed by atoms with E-state index in [0.29, 0.717) is 18.4 Å². The predicted octanol–water partition coefficient (Wildman–Crippen LogP) is 0.314. The Bertz CT molecular complexity index is 513. The fraction of sp³-hybridized carbons (Fsp3) is 0.500. The monoisotopic (exact) mass is 283 g/mol. The average molecular weight is 284 g/mol. The predicted molar refractivity (Wildman–Crippen MR) is 69.3 cm³/mol. The summed E-state index contributed by atoms with van der Waals surface area (Å²) in [5.41, 5.74) is 0. The molecule has 1 N–H and O–H groups in total. The zero-order chi connectivity index (χ0) is 13.7. The minimum atomic E-state index is 0.0158. The molecule has 0 spiro atoms. The van der Waals surface area contributed by atoms with E-state index in [1.54, 1.807) is 0 Å². The van der Waals surface area contributed by atoms with Gasteiger partial charge in [-0.3, -0.25) is 0 Å². The molecule has 0 unspecified atom stereocenters. The van der Waals surface area contributed by atoms with Gasteiger partial charge in [0.2, 0.25) is 11.2 Å². The van der Waals surface area contributed by atoms with Crippen LogP contribution in [-0.4, -0.2) is 54.5 Å². The minimum Gasteiger partial charge on any atom is -0.395 e. The maximum absolute atomic E-state index is 9.07. The molecule has 19 heavy (non-hydrogen) atoms. The first-order valence-electron chi connectivity index (χ1n) is 5.87. The normalized spacial score (nSPS) is 10.7. The third-order valence-electron chi connectivity index (χ3n) is 2.35. The van der Waals surface area contributed by atoms with Gasteiger partial charge in [-0.05, 0) is 18.0 Å².